The smallest absolute Gasteiger partial charge is 0.419 e. The molecule has 1 aliphatic rings. The van der Waals surface area contributed by atoms with Crippen LogP contribution in [0.4, 0.5) is 39.0 Å². The molecule has 1 aliphatic heterocycles. The summed E-state index contributed by atoms with van der Waals surface area (Å²) in [7, 11) is -7.43. The Morgan fingerprint density at radius 3 is 1.95 bits per heavy atom. The van der Waals surface area contributed by atoms with Crippen LogP contribution in [0.15, 0.2) is 12.0 Å². The molecule has 1 rings (SSSR count). The van der Waals surface area contributed by atoms with Crippen molar-refractivity contribution in [3.8, 4) is 0 Å². The molecular formula is C6HF9O4S. The lowest BCUT2D eigenvalue weighted by atomic mass is 10.1. The maximum Gasteiger partial charge on any atom is 0.443 e. The van der Waals surface area contributed by atoms with Crippen molar-refractivity contribution in [3.63, 3.8) is 0 Å². The Labute approximate surface area is 104 Å². The van der Waals surface area contributed by atoms with Crippen molar-refractivity contribution in [2.75, 3.05) is 0 Å². The summed E-state index contributed by atoms with van der Waals surface area (Å²) < 4.78 is 139. The molecule has 0 aromatic rings. The maximum atomic E-state index is 13.4. The third kappa shape index (κ3) is 2.05. The number of alkyl halides is 6. The van der Waals surface area contributed by atoms with Gasteiger partial charge >= 0.3 is 45.6 Å². The average Bonchev–Trinajstić information content (AvgIpc) is 2.55. The summed E-state index contributed by atoms with van der Waals surface area (Å²) in [6.07, 6.45) is -7.46. The Morgan fingerprint density at radius 1 is 1.20 bits per heavy atom. The summed E-state index contributed by atoms with van der Waals surface area (Å²) >= 11 is 0. The fraction of sp³-hybridized carbons (Fsp3) is 0.667. The molecule has 0 bridgehead atoms. The summed E-state index contributed by atoms with van der Waals surface area (Å²) in [6, 6.07) is 0. The van der Waals surface area contributed by atoms with Gasteiger partial charge in [0.2, 0.25) is 0 Å². The zero-order chi connectivity index (χ0) is 16.1. The molecule has 1 saturated heterocycles. The zero-order valence-electron chi connectivity index (χ0n) is 8.52. The van der Waals surface area contributed by atoms with Crippen LogP contribution in [-0.4, -0.2) is 31.8 Å². The minimum Gasteiger partial charge on any atom is -0.419 e. The van der Waals surface area contributed by atoms with E-state index < -0.39 is 45.6 Å². The van der Waals surface area contributed by atoms with Gasteiger partial charge in [0.1, 0.15) is 0 Å². The fourth-order valence-electron chi connectivity index (χ4n) is 1.02. The Bertz CT molecular complexity index is 539. The molecular weight excluding hydrogens is 339 g/mol. The molecule has 4 nitrogen and oxygen atoms in total. The Hall–Kier alpha value is -1.34. The minimum absolute atomic E-state index is 2.51. The lowest BCUT2D eigenvalue weighted by molar-refractivity contribution is -0.325. The summed E-state index contributed by atoms with van der Waals surface area (Å²) in [5, 5.41) is -6.80. The van der Waals surface area contributed by atoms with Crippen LogP contribution in [0.1, 0.15) is 0 Å². The Morgan fingerprint density at radius 2 is 1.65 bits per heavy atom. The molecule has 0 aliphatic carbocycles. The van der Waals surface area contributed by atoms with E-state index in [4.69, 9.17) is 0 Å². The largest absolute Gasteiger partial charge is 0.443 e. The predicted molar refractivity (Wildman–Crippen MR) is 40.1 cm³/mol. The first-order valence-electron chi connectivity index (χ1n) is 4.12. The maximum absolute atomic E-state index is 13.4. The first-order valence-corrected chi connectivity index (χ1v) is 5.50. The van der Waals surface area contributed by atoms with Gasteiger partial charge in [-0.3, -0.25) is 0 Å². The van der Waals surface area contributed by atoms with E-state index >= 15 is 0 Å². The molecule has 118 valence electrons. The van der Waals surface area contributed by atoms with Crippen LogP contribution < -0.4 is 0 Å². The molecule has 20 heavy (non-hydrogen) atoms. The summed E-state index contributed by atoms with van der Waals surface area (Å²) in [5.41, 5.74) is 0. The van der Waals surface area contributed by atoms with Crippen molar-refractivity contribution < 1.29 is 56.9 Å². The number of rotatable bonds is 3. The Balaban J connectivity index is 3.39. The lowest BCUT2D eigenvalue weighted by Gasteiger charge is -2.31. The van der Waals surface area contributed by atoms with Gasteiger partial charge in [-0.15, -0.1) is 0 Å². The van der Waals surface area contributed by atoms with Crippen LogP contribution in [-0.2, 0) is 19.7 Å². The highest BCUT2D eigenvalue weighted by Crippen LogP contribution is 2.54. The monoisotopic (exact) mass is 340 g/mol. The highest BCUT2D eigenvalue weighted by atomic mass is 32.3. The first kappa shape index (κ1) is 16.7. The molecule has 0 saturated carbocycles. The predicted octanol–water partition coefficient (Wildman–Crippen LogP) is 2.59. The standard InChI is InChI=1S/C6HF9O4S/c7-1(8)2-18-3(9)4(10,19-2)5(11,12)6(13,14)20(15,16)17/h3H. The van der Waals surface area contributed by atoms with Crippen molar-refractivity contribution in [2.24, 2.45) is 0 Å². The molecule has 0 radical (unpaired) electrons. The normalized spacial score (nSPS) is 28.1. The summed E-state index contributed by atoms with van der Waals surface area (Å²) in [5.74, 6) is -14.9. The van der Waals surface area contributed by atoms with Crippen LogP contribution in [0.2, 0.25) is 0 Å². The van der Waals surface area contributed by atoms with Crippen molar-refractivity contribution in [1.82, 2.24) is 0 Å². The van der Waals surface area contributed by atoms with Gasteiger partial charge in [0.15, 0.2) is 0 Å². The highest BCUT2D eigenvalue weighted by molar-refractivity contribution is 7.87. The topological polar surface area (TPSA) is 52.6 Å². The number of halogens is 9. The van der Waals surface area contributed by atoms with Gasteiger partial charge in [0, 0.05) is 0 Å². The minimum atomic E-state index is -7.43. The zero-order valence-corrected chi connectivity index (χ0v) is 9.34. The Kier molecular flexibility index (Phi) is 3.62. The lowest BCUT2D eigenvalue weighted by Crippen LogP contribution is -2.61. The van der Waals surface area contributed by atoms with Crippen molar-refractivity contribution in [3.05, 3.63) is 12.0 Å². The quantitative estimate of drug-likeness (QED) is 0.585. The molecule has 1 fully saturated rings. The SMILES string of the molecule is O=S(=O)(F)C(F)(F)C(F)(F)C1(F)OC(=C(F)F)OC1F. The van der Waals surface area contributed by atoms with E-state index in [9.17, 15) is 47.4 Å². The fourth-order valence-corrected chi connectivity index (χ4v) is 1.46. The van der Waals surface area contributed by atoms with Crippen LogP contribution in [0.5, 0.6) is 0 Å². The van der Waals surface area contributed by atoms with E-state index in [0.717, 1.165) is 0 Å². The third-order valence-electron chi connectivity index (χ3n) is 2.00. The molecule has 14 heteroatoms. The second kappa shape index (κ2) is 4.33. The van der Waals surface area contributed by atoms with Crippen molar-refractivity contribution >= 4 is 10.2 Å². The van der Waals surface area contributed by atoms with Crippen LogP contribution in [0.25, 0.3) is 0 Å². The number of hydrogen-bond acceptors (Lipinski definition) is 4. The number of ether oxygens (including phenoxy) is 2. The van der Waals surface area contributed by atoms with E-state index in [1.807, 2.05) is 0 Å². The van der Waals surface area contributed by atoms with Crippen molar-refractivity contribution in [1.29, 1.82) is 0 Å². The second-order valence-electron chi connectivity index (χ2n) is 3.26. The van der Waals surface area contributed by atoms with Gasteiger partial charge in [0.25, 0.3) is 0 Å². The van der Waals surface area contributed by atoms with Gasteiger partial charge in [-0.1, -0.05) is 3.89 Å². The van der Waals surface area contributed by atoms with Crippen molar-refractivity contribution in [2.45, 2.75) is 23.4 Å². The van der Waals surface area contributed by atoms with Gasteiger partial charge in [0.05, 0.1) is 0 Å². The molecule has 0 aromatic heterocycles. The van der Waals surface area contributed by atoms with Crippen LogP contribution in [0, 0.1) is 0 Å². The second-order valence-corrected chi connectivity index (χ2v) is 4.65. The van der Waals surface area contributed by atoms with Crippen LogP contribution >= 0.6 is 0 Å². The van der Waals surface area contributed by atoms with Gasteiger partial charge in [-0.25, -0.2) is 0 Å². The summed E-state index contributed by atoms with van der Waals surface area (Å²) in [4.78, 5) is 0. The van der Waals surface area contributed by atoms with E-state index in [1.165, 1.54) is 0 Å². The van der Waals surface area contributed by atoms with E-state index in [0.29, 0.717) is 0 Å². The van der Waals surface area contributed by atoms with Gasteiger partial charge < -0.3 is 9.47 Å². The van der Waals surface area contributed by atoms with E-state index in [1.54, 1.807) is 0 Å². The van der Waals surface area contributed by atoms with Gasteiger partial charge in [-0.05, 0) is 0 Å². The average molecular weight is 340 g/mol. The molecule has 0 N–H and O–H groups in total. The molecule has 2 atom stereocenters. The third-order valence-corrected chi connectivity index (χ3v) is 2.87. The molecule has 0 spiro atoms. The van der Waals surface area contributed by atoms with E-state index in [-0.39, 0.29) is 0 Å². The number of hydrogen-bond donors (Lipinski definition) is 0. The van der Waals surface area contributed by atoms with Gasteiger partial charge in [-0.2, -0.15) is 43.5 Å². The first-order chi connectivity index (χ1) is 8.68. The van der Waals surface area contributed by atoms with Crippen LogP contribution in [0.3, 0.4) is 0 Å². The molecule has 0 amide bonds. The molecule has 2 unspecified atom stereocenters. The molecule has 1 heterocycles. The van der Waals surface area contributed by atoms with E-state index in [2.05, 4.69) is 9.47 Å². The molecule has 0 aromatic carbocycles. The highest BCUT2D eigenvalue weighted by Gasteiger charge is 2.84. The summed E-state index contributed by atoms with van der Waals surface area (Å²) in [6.45, 7) is 0.